The van der Waals surface area contributed by atoms with Crippen LogP contribution in [0.25, 0.3) is 0 Å². The zero-order chi connectivity index (χ0) is 67.9. The predicted molar refractivity (Wildman–Crippen MR) is 345 cm³/mol. The lowest BCUT2D eigenvalue weighted by Gasteiger charge is -2.49. The first-order valence-electron chi connectivity index (χ1n) is 35.9. The van der Waals surface area contributed by atoms with Crippen molar-refractivity contribution >= 4 is 11.8 Å². The van der Waals surface area contributed by atoms with Crippen molar-refractivity contribution in [2.45, 2.75) is 374 Å². The predicted octanol–water partition coefficient (Wildman–Crippen LogP) is 4.12. The van der Waals surface area contributed by atoms with Crippen molar-refractivity contribution in [3.05, 3.63) is 12.2 Å². The molecule has 0 aromatic carbocycles. The molecule has 4 aliphatic rings. The molecular formula is C68H126N2O23. The monoisotopic (exact) mass is 1340 g/mol. The number of carbonyl (C=O) groups is 2. The minimum absolute atomic E-state index is 0.219. The molecule has 2 amide bonds. The average Bonchev–Trinajstić information content (AvgIpc) is 1.36. The summed E-state index contributed by atoms with van der Waals surface area (Å²) < 4.78 is 46.5. The van der Waals surface area contributed by atoms with Crippen LogP contribution in [-0.2, 0) is 47.5 Å². The first-order valence-corrected chi connectivity index (χ1v) is 35.9. The van der Waals surface area contributed by atoms with Gasteiger partial charge in [-0.15, -0.1) is 0 Å². The van der Waals surface area contributed by atoms with Crippen molar-refractivity contribution in [2.75, 3.05) is 33.0 Å². The van der Waals surface area contributed by atoms with Gasteiger partial charge in [-0.3, -0.25) is 9.59 Å². The summed E-state index contributed by atoms with van der Waals surface area (Å²) in [4.78, 5) is 25.5. The number of hydrogen-bond acceptors (Lipinski definition) is 23. The molecule has 93 heavy (non-hydrogen) atoms. The number of hydrogen-bond donors (Lipinski definition) is 15. The topological polar surface area (TPSA) is 395 Å². The number of amides is 2. The van der Waals surface area contributed by atoms with E-state index in [4.69, 9.17) is 37.9 Å². The van der Waals surface area contributed by atoms with Crippen molar-refractivity contribution in [1.82, 2.24) is 10.6 Å². The summed E-state index contributed by atoms with van der Waals surface area (Å²) in [6.45, 7) is 1.65. The van der Waals surface area contributed by atoms with Crippen LogP contribution in [0, 0.1) is 0 Å². The van der Waals surface area contributed by atoms with Crippen LogP contribution < -0.4 is 10.6 Å². The second kappa shape index (κ2) is 48.6. The molecule has 0 radical (unpaired) electrons. The third-order valence-electron chi connectivity index (χ3n) is 18.6. The Kier molecular flexibility index (Phi) is 43.5. The van der Waals surface area contributed by atoms with Gasteiger partial charge in [0.05, 0.1) is 45.2 Å². The van der Waals surface area contributed by atoms with E-state index in [-0.39, 0.29) is 12.3 Å². The minimum Gasteiger partial charge on any atom is -0.394 e. The Morgan fingerprint density at radius 2 is 0.785 bits per heavy atom. The Balaban J connectivity index is 1.29. The van der Waals surface area contributed by atoms with E-state index in [0.29, 0.717) is 12.8 Å². The van der Waals surface area contributed by atoms with Gasteiger partial charge >= 0.3 is 0 Å². The van der Waals surface area contributed by atoms with Crippen molar-refractivity contribution in [2.24, 2.45) is 0 Å². The standard InChI is InChI=1S/C68H126N2O23/c1-4-6-8-10-12-14-16-18-19-20-21-22-23-24-25-27-29-31-33-35-37-39-52(77)70-46(47(76)38-36-34-32-30-28-26-17-15-13-11-9-7-5-2)44-86-66-59(83)57(81)62(50(42-73)89-66)91-67-60(84)58(82)63(51(43-74)90-67)92-68-61(85)64(55(79)49(41-72)88-68)93-65-53(69-45(3)75)56(80)54(78)48(40-71)87-65/h36,38,46-51,53-68,71-74,76,78-85H,4-35,37,39-44H2,1-3H3,(H,69,75)(H,70,77). The first kappa shape index (κ1) is 83.3. The average molecular weight is 1340 g/mol. The van der Waals surface area contributed by atoms with Gasteiger partial charge in [-0.2, -0.15) is 0 Å². The maximum atomic E-state index is 13.4. The van der Waals surface area contributed by atoms with E-state index in [1.165, 1.54) is 161 Å². The van der Waals surface area contributed by atoms with Crippen LogP contribution in [0.2, 0.25) is 0 Å². The van der Waals surface area contributed by atoms with E-state index in [9.17, 15) is 76.0 Å². The van der Waals surface area contributed by atoms with E-state index in [0.717, 1.165) is 45.4 Å². The number of rotatable bonds is 51. The number of carbonyl (C=O) groups excluding carboxylic acids is 2. The molecule has 0 spiro atoms. The van der Waals surface area contributed by atoms with Gasteiger partial charge in [0, 0.05) is 13.3 Å². The van der Waals surface area contributed by atoms with Crippen LogP contribution in [0.1, 0.15) is 239 Å². The molecule has 15 N–H and O–H groups in total. The van der Waals surface area contributed by atoms with E-state index in [1.807, 2.05) is 6.08 Å². The summed E-state index contributed by atoms with van der Waals surface area (Å²) in [6, 6.07) is -2.53. The zero-order valence-corrected chi connectivity index (χ0v) is 56.3. The fraction of sp³-hybridized carbons (Fsp3) is 0.941. The van der Waals surface area contributed by atoms with Gasteiger partial charge in [-0.1, -0.05) is 219 Å². The van der Waals surface area contributed by atoms with E-state index in [1.54, 1.807) is 6.08 Å². The van der Waals surface area contributed by atoms with Crippen LogP contribution in [0.3, 0.4) is 0 Å². The quantitative estimate of drug-likeness (QED) is 0.0301. The Morgan fingerprint density at radius 3 is 1.23 bits per heavy atom. The summed E-state index contributed by atoms with van der Waals surface area (Å²) in [5, 5.41) is 148. The summed E-state index contributed by atoms with van der Waals surface area (Å²) >= 11 is 0. The van der Waals surface area contributed by atoms with Crippen molar-refractivity contribution in [3.63, 3.8) is 0 Å². The van der Waals surface area contributed by atoms with Crippen LogP contribution in [0.5, 0.6) is 0 Å². The maximum Gasteiger partial charge on any atom is 0.220 e. The van der Waals surface area contributed by atoms with Gasteiger partial charge in [0.15, 0.2) is 25.2 Å². The Morgan fingerprint density at radius 1 is 0.419 bits per heavy atom. The van der Waals surface area contributed by atoms with Crippen LogP contribution >= 0.6 is 0 Å². The molecule has 4 fully saturated rings. The van der Waals surface area contributed by atoms with Gasteiger partial charge in [0.25, 0.3) is 0 Å². The number of nitrogens with one attached hydrogen (secondary N) is 2. The molecule has 4 aliphatic heterocycles. The Bertz CT molecular complexity index is 1930. The van der Waals surface area contributed by atoms with Gasteiger partial charge in [0.1, 0.15) is 97.6 Å². The van der Waals surface area contributed by atoms with Crippen LogP contribution in [0.15, 0.2) is 12.2 Å². The minimum atomic E-state index is -2.10. The zero-order valence-electron chi connectivity index (χ0n) is 56.3. The number of unbranched alkanes of at least 4 members (excludes halogenated alkanes) is 31. The highest BCUT2D eigenvalue weighted by Gasteiger charge is 2.56. The van der Waals surface area contributed by atoms with Crippen LogP contribution in [0.4, 0.5) is 0 Å². The largest absolute Gasteiger partial charge is 0.394 e. The highest BCUT2D eigenvalue weighted by atomic mass is 16.8. The Hall–Kier alpha value is -2.16. The SMILES string of the molecule is CCCCCCCCCCCCCC=CC(O)C(COC1OC(CO)C(OC2OC(CO)C(OC3OC(CO)C(O)C(OC4OC(CO)C(O)C(O)C4NC(C)=O)C3O)C(O)C2O)C(O)C1O)NC(=O)CCCCCCCCCCCCCCCCCCCCCCC. The molecule has 4 rings (SSSR count). The number of allylic oxidation sites excluding steroid dienone is 1. The second-order valence-electron chi connectivity index (χ2n) is 26.4. The highest BCUT2D eigenvalue weighted by molar-refractivity contribution is 5.76. The molecule has 25 nitrogen and oxygen atoms in total. The molecule has 0 aliphatic carbocycles. The number of aliphatic hydroxyl groups is 13. The molecular weight excluding hydrogens is 1210 g/mol. The molecule has 4 saturated heterocycles. The summed E-state index contributed by atoms with van der Waals surface area (Å²) in [5.74, 6) is -0.999. The van der Waals surface area contributed by atoms with Gasteiger partial charge in [-0.25, -0.2) is 0 Å². The first-order chi connectivity index (χ1) is 45.0. The van der Waals surface area contributed by atoms with Gasteiger partial charge < -0.3 is 115 Å². The molecule has 25 heteroatoms. The molecule has 22 atom stereocenters. The fourth-order valence-corrected chi connectivity index (χ4v) is 12.8. The van der Waals surface area contributed by atoms with Crippen molar-refractivity contribution in [1.29, 1.82) is 0 Å². The lowest BCUT2D eigenvalue weighted by Crippen LogP contribution is -2.69. The number of ether oxygens (including phenoxy) is 8. The van der Waals surface area contributed by atoms with E-state index in [2.05, 4.69) is 24.5 Å². The summed E-state index contributed by atoms with van der Waals surface area (Å²) in [7, 11) is 0. The molecule has 546 valence electrons. The summed E-state index contributed by atoms with van der Waals surface area (Å²) in [6.07, 6.45) is 8.46. The molecule has 0 aromatic rings. The lowest BCUT2D eigenvalue weighted by atomic mass is 9.95. The van der Waals surface area contributed by atoms with E-state index >= 15 is 0 Å². The second-order valence-corrected chi connectivity index (χ2v) is 26.4. The smallest absolute Gasteiger partial charge is 0.220 e. The van der Waals surface area contributed by atoms with Crippen molar-refractivity contribution < 1.29 is 114 Å². The van der Waals surface area contributed by atoms with Gasteiger partial charge in [0.2, 0.25) is 11.8 Å². The third-order valence-corrected chi connectivity index (χ3v) is 18.6. The lowest BCUT2D eigenvalue weighted by molar-refractivity contribution is -0.386. The molecule has 22 unspecified atom stereocenters. The molecule has 0 bridgehead atoms. The maximum absolute atomic E-state index is 13.4. The van der Waals surface area contributed by atoms with E-state index < -0.39 is 174 Å². The highest BCUT2D eigenvalue weighted by Crippen LogP contribution is 2.35. The van der Waals surface area contributed by atoms with Crippen molar-refractivity contribution in [3.8, 4) is 0 Å². The third kappa shape index (κ3) is 29.7. The number of aliphatic hydroxyl groups excluding tert-OH is 13. The van der Waals surface area contributed by atoms with Gasteiger partial charge in [-0.05, 0) is 19.3 Å². The normalized spacial score (nSPS) is 32.4. The Labute approximate surface area is 553 Å². The van der Waals surface area contributed by atoms with Crippen LogP contribution in [-0.4, -0.2) is 246 Å². The fourth-order valence-electron chi connectivity index (χ4n) is 12.8. The molecule has 4 heterocycles. The molecule has 0 saturated carbocycles. The molecule has 0 aromatic heterocycles. The summed E-state index contributed by atoms with van der Waals surface area (Å²) in [5.41, 5.74) is 0.